The molecule has 0 unspecified atom stereocenters. The predicted octanol–water partition coefficient (Wildman–Crippen LogP) is 2.05. The summed E-state index contributed by atoms with van der Waals surface area (Å²) >= 11 is 2.23. The lowest BCUT2D eigenvalue weighted by molar-refractivity contribution is -0.115. The van der Waals surface area contributed by atoms with Crippen LogP contribution < -0.4 is 0 Å². The highest BCUT2D eigenvalue weighted by Crippen LogP contribution is 2.24. The van der Waals surface area contributed by atoms with Crippen molar-refractivity contribution in [2.24, 2.45) is 0 Å². The van der Waals surface area contributed by atoms with Gasteiger partial charge in [-0.1, -0.05) is 22.6 Å². The molecule has 1 heterocycles. The lowest BCUT2D eigenvalue weighted by Crippen LogP contribution is -2.20. The summed E-state index contributed by atoms with van der Waals surface area (Å²) in [6.07, 6.45) is 1.67. The zero-order chi connectivity index (χ0) is 6.91. The number of rotatable bonds is 1. The van der Waals surface area contributed by atoms with Crippen molar-refractivity contribution < 1.29 is 9.47 Å². The van der Waals surface area contributed by atoms with E-state index in [4.69, 9.17) is 9.47 Å². The molecule has 0 radical (unpaired) electrons. The Bertz CT molecular complexity index is 140. The van der Waals surface area contributed by atoms with E-state index in [1.807, 2.05) is 13.8 Å². The van der Waals surface area contributed by atoms with Crippen molar-refractivity contribution in [2.75, 3.05) is 4.43 Å². The van der Waals surface area contributed by atoms with Crippen molar-refractivity contribution >= 4 is 22.6 Å². The number of halogens is 1. The van der Waals surface area contributed by atoms with Gasteiger partial charge in [0, 0.05) is 13.8 Å². The second-order valence-electron chi connectivity index (χ2n) is 2.34. The van der Waals surface area contributed by atoms with Crippen LogP contribution in [0.25, 0.3) is 0 Å². The predicted molar refractivity (Wildman–Crippen MR) is 43.2 cm³/mol. The Kier molecular flexibility index (Phi) is 1.88. The van der Waals surface area contributed by atoms with E-state index in [-0.39, 0.29) is 0 Å². The molecule has 0 fully saturated rings. The van der Waals surface area contributed by atoms with Crippen molar-refractivity contribution in [3.8, 4) is 0 Å². The van der Waals surface area contributed by atoms with E-state index in [1.165, 1.54) is 0 Å². The molecule has 0 aliphatic carbocycles. The van der Waals surface area contributed by atoms with Crippen molar-refractivity contribution in [2.45, 2.75) is 19.6 Å². The molecule has 0 amide bonds. The van der Waals surface area contributed by atoms with E-state index in [0.717, 1.165) is 10.2 Å². The van der Waals surface area contributed by atoms with Gasteiger partial charge in [-0.05, 0) is 0 Å². The van der Waals surface area contributed by atoms with Gasteiger partial charge in [0.2, 0.25) is 5.79 Å². The number of allylic oxidation sites excluding steroid dienone is 1. The molecule has 1 aliphatic heterocycles. The standard InChI is InChI=1S/C6H9IO2/c1-6(2)8-4-5(3-7)9-6/h4H,3H2,1-2H3. The molecule has 0 atom stereocenters. The average molecular weight is 240 g/mol. The first-order chi connectivity index (χ1) is 4.14. The van der Waals surface area contributed by atoms with Crippen molar-refractivity contribution in [3.05, 3.63) is 12.0 Å². The third kappa shape index (κ3) is 1.74. The normalized spacial score (nSPS) is 22.3. The summed E-state index contributed by atoms with van der Waals surface area (Å²) in [5, 5.41) is 0. The van der Waals surface area contributed by atoms with Crippen molar-refractivity contribution in [1.82, 2.24) is 0 Å². The molecule has 52 valence electrons. The molecule has 0 spiro atoms. The van der Waals surface area contributed by atoms with Crippen LogP contribution in [0.3, 0.4) is 0 Å². The molecule has 0 aromatic heterocycles. The first-order valence-corrected chi connectivity index (χ1v) is 4.28. The lowest BCUT2D eigenvalue weighted by Gasteiger charge is -2.17. The smallest absolute Gasteiger partial charge is 0.244 e. The summed E-state index contributed by atoms with van der Waals surface area (Å²) in [6.45, 7) is 3.78. The van der Waals surface area contributed by atoms with Gasteiger partial charge in [-0.3, -0.25) is 0 Å². The maximum Gasteiger partial charge on any atom is 0.244 e. The monoisotopic (exact) mass is 240 g/mol. The van der Waals surface area contributed by atoms with Gasteiger partial charge in [0.1, 0.15) is 12.0 Å². The van der Waals surface area contributed by atoms with E-state index in [2.05, 4.69) is 22.6 Å². The van der Waals surface area contributed by atoms with E-state index in [9.17, 15) is 0 Å². The van der Waals surface area contributed by atoms with Crippen LogP contribution in [0, 0.1) is 0 Å². The molecule has 0 bridgehead atoms. The number of hydrogen-bond acceptors (Lipinski definition) is 2. The molecule has 0 aromatic carbocycles. The van der Waals surface area contributed by atoms with Gasteiger partial charge in [-0.15, -0.1) is 0 Å². The Hall–Kier alpha value is 0.0700. The van der Waals surface area contributed by atoms with Gasteiger partial charge in [0.15, 0.2) is 0 Å². The van der Waals surface area contributed by atoms with Gasteiger partial charge < -0.3 is 9.47 Å². The van der Waals surface area contributed by atoms with Crippen LogP contribution in [0.4, 0.5) is 0 Å². The zero-order valence-corrected chi connectivity index (χ0v) is 7.64. The van der Waals surface area contributed by atoms with E-state index in [0.29, 0.717) is 0 Å². The molecule has 0 N–H and O–H groups in total. The minimum atomic E-state index is -0.430. The minimum Gasteiger partial charge on any atom is -0.457 e. The van der Waals surface area contributed by atoms with Crippen LogP contribution in [0.5, 0.6) is 0 Å². The summed E-state index contributed by atoms with van der Waals surface area (Å²) < 4.78 is 11.4. The molecule has 0 saturated heterocycles. The molecule has 2 nitrogen and oxygen atoms in total. The van der Waals surface area contributed by atoms with E-state index in [1.54, 1.807) is 6.26 Å². The SMILES string of the molecule is CC1(C)OC=C(CI)O1. The van der Waals surface area contributed by atoms with E-state index >= 15 is 0 Å². The molecule has 3 heteroatoms. The van der Waals surface area contributed by atoms with Crippen LogP contribution in [0.1, 0.15) is 13.8 Å². The fourth-order valence-corrected chi connectivity index (χ4v) is 0.966. The summed E-state index contributed by atoms with van der Waals surface area (Å²) in [7, 11) is 0. The second-order valence-corrected chi connectivity index (χ2v) is 3.10. The van der Waals surface area contributed by atoms with Crippen LogP contribution in [0.15, 0.2) is 12.0 Å². The van der Waals surface area contributed by atoms with Crippen LogP contribution in [0.2, 0.25) is 0 Å². The Morgan fingerprint density at radius 3 is 2.56 bits per heavy atom. The second kappa shape index (κ2) is 2.36. The molecule has 0 aromatic rings. The van der Waals surface area contributed by atoms with Crippen LogP contribution in [-0.4, -0.2) is 10.2 Å². The fourth-order valence-electron chi connectivity index (χ4n) is 0.630. The third-order valence-corrected chi connectivity index (χ3v) is 1.73. The van der Waals surface area contributed by atoms with Gasteiger partial charge in [0.05, 0.1) is 4.43 Å². The molecule has 0 saturated carbocycles. The molecular formula is C6H9IO2. The Labute approximate surface area is 68.4 Å². The maximum absolute atomic E-state index is 5.33. The maximum atomic E-state index is 5.33. The largest absolute Gasteiger partial charge is 0.457 e. The van der Waals surface area contributed by atoms with Crippen LogP contribution in [-0.2, 0) is 9.47 Å². The third-order valence-electron chi connectivity index (χ3n) is 0.983. The number of hydrogen-bond donors (Lipinski definition) is 0. The Morgan fingerprint density at radius 1 is 1.67 bits per heavy atom. The van der Waals surface area contributed by atoms with Crippen molar-refractivity contribution in [3.63, 3.8) is 0 Å². The first-order valence-electron chi connectivity index (χ1n) is 2.76. The zero-order valence-electron chi connectivity index (χ0n) is 5.48. The quantitative estimate of drug-likeness (QED) is 0.515. The van der Waals surface area contributed by atoms with E-state index < -0.39 is 5.79 Å². The molecule has 9 heavy (non-hydrogen) atoms. The molecular weight excluding hydrogens is 231 g/mol. The number of ether oxygens (including phenoxy) is 2. The molecule has 1 aliphatic rings. The summed E-state index contributed by atoms with van der Waals surface area (Å²) in [6, 6.07) is 0. The van der Waals surface area contributed by atoms with Crippen molar-refractivity contribution in [1.29, 1.82) is 0 Å². The highest BCUT2D eigenvalue weighted by Gasteiger charge is 2.26. The first kappa shape index (κ1) is 7.18. The van der Waals surface area contributed by atoms with Gasteiger partial charge in [0.25, 0.3) is 0 Å². The number of alkyl halides is 1. The summed E-state index contributed by atoms with van der Waals surface area (Å²) in [4.78, 5) is 0. The highest BCUT2D eigenvalue weighted by atomic mass is 127. The van der Waals surface area contributed by atoms with Gasteiger partial charge >= 0.3 is 0 Å². The van der Waals surface area contributed by atoms with Crippen LogP contribution >= 0.6 is 22.6 Å². The molecule has 1 rings (SSSR count). The topological polar surface area (TPSA) is 18.5 Å². The average Bonchev–Trinajstić information content (AvgIpc) is 2.10. The Balaban J connectivity index is 2.50. The minimum absolute atomic E-state index is 0.430. The Morgan fingerprint density at radius 2 is 2.33 bits per heavy atom. The summed E-state index contributed by atoms with van der Waals surface area (Å²) in [5.74, 6) is 0.487. The fraction of sp³-hybridized carbons (Fsp3) is 0.667. The highest BCUT2D eigenvalue weighted by molar-refractivity contribution is 14.1. The van der Waals surface area contributed by atoms with Gasteiger partial charge in [-0.2, -0.15) is 0 Å². The van der Waals surface area contributed by atoms with Gasteiger partial charge in [-0.25, -0.2) is 0 Å². The lowest BCUT2D eigenvalue weighted by atomic mass is 10.4. The summed E-state index contributed by atoms with van der Waals surface area (Å²) in [5.41, 5.74) is 0.